The Hall–Kier alpha value is -3.32. The molecule has 0 spiro atoms. The number of para-hydroxylation sites is 2. The van der Waals surface area contributed by atoms with Crippen molar-refractivity contribution < 1.29 is 17.9 Å². The first kappa shape index (κ1) is 24.3. The van der Waals surface area contributed by atoms with Crippen LogP contribution >= 0.6 is 0 Å². The lowest BCUT2D eigenvalue weighted by molar-refractivity contribution is -0.122. The van der Waals surface area contributed by atoms with Crippen LogP contribution in [-0.4, -0.2) is 20.4 Å². The predicted octanol–water partition coefficient (Wildman–Crippen LogP) is 5.80. The van der Waals surface area contributed by atoms with E-state index in [2.05, 4.69) is 23.9 Å². The highest BCUT2D eigenvalue weighted by Crippen LogP contribution is 2.29. The van der Waals surface area contributed by atoms with Crippen LogP contribution in [0.25, 0.3) is 0 Å². The fraction of sp³-hybridized carbons (Fsp3) is 0.269. The van der Waals surface area contributed by atoms with Crippen LogP contribution in [0.5, 0.6) is 5.75 Å². The van der Waals surface area contributed by atoms with Gasteiger partial charge in [0.1, 0.15) is 5.75 Å². The van der Waals surface area contributed by atoms with Gasteiger partial charge < -0.3 is 10.1 Å². The van der Waals surface area contributed by atoms with Gasteiger partial charge in [0.15, 0.2) is 6.10 Å². The zero-order valence-corrected chi connectivity index (χ0v) is 19.9. The minimum Gasteiger partial charge on any atom is -0.480 e. The third kappa shape index (κ3) is 6.35. The monoisotopic (exact) mass is 466 g/mol. The van der Waals surface area contributed by atoms with E-state index in [1.165, 1.54) is 12.1 Å². The van der Waals surface area contributed by atoms with Gasteiger partial charge in [-0.3, -0.25) is 9.52 Å². The molecule has 33 heavy (non-hydrogen) atoms. The SMILES string of the molecule is CCC(Oc1ccccc1C(C)CC)C(=O)Nc1ccc(S(=O)(=O)Nc2ccccc2)cc1. The number of carbonyl (C=O) groups is 1. The molecule has 2 unspecified atom stereocenters. The lowest BCUT2D eigenvalue weighted by atomic mass is 9.98. The maximum atomic E-state index is 12.9. The summed E-state index contributed by atoms with van der Waals surface area (Å²) in [5.74, 6) is 0.748. The Kier molecular flexibility index (Phi) is 8.11. The Bertz CT molecular complexity index is 1160. The molecule has 0 heterocycles. The van der Waals surface area contributed by atoms with Gasteiger partial charge >= 0.3 is 0 Å². The zero-order chi connectivity index (χ0) is 23.8. The number of nitrogens with one attached hydrogen (secondary N) is 2. The van der Waals surface area contributed by atoms with Crippen molar-refractivity contribution in [2.24, 2.45) is 0 Å². The summed E-state index contributed by atoms with van der Waals surface area (Å²) in [7, 11) is -3.72. The van der Waals surface area contributed by atoms with Gasteiger partial charge in [-0.15, -0.1) is 0 Å². The summed E-state index contributed by atoms with van der Waals surface area (Å²) in [5.41, 5.74) is 2.05. The standard InChI is InChI=1S/C26H30N2O4S/c1-4-19(3)23-13-9-10-14-25(23)32-24(5-2)26(29)27-20-15-17-22(18-16-20)33(30,31)28-21-11-7-6-8-12-21/h6-19,24,28H,4-5H2,1-3H3,(H,27,29). The molecule has 7 heteroatoms. The number of carbonyl (C=O) groups excluding carboxylic acids is 1. The Morgan fingerprint density at radius 3 is 2.12 bits per heavy atom. The van der Waals surface area contributed by atoms with Crippen LogP contribution in [0.2, 0.25) is 0 Å². The predicted molar refractivity (Wildman–Crippen MR) is 132 cm³/mol. The van der Waals surface area contributed by atoms with E-state index < -0.39 is 16.1 Å². The fourth-order valence-electron chi connectivity index (χ4n) is 3.35. The maximum Gasteiger partial charge on any atom is 0.265 e. The molecule has 0 fully saturated rings. The van der Waals surface area contributed by atoms with Gasteiger partial charge in [0.05, 0.1) is 4.90 Å². The van der Waals surface area contributed by atoms with Gasteiger partial charge in [-0.1, -0.05) is 57.2 Å². The largest absolute Gasteiger partial charge is 0.480 e. The van der Waals surface area contributed by atoms with Crippen LogP contribution in [0, 0.1) is 0 Å². The first-order chi connectivity index (χ1) is 15.8. The van der Waals surface area contributed by atoms with E-state index in [0.717, 1.165) is 12.0 Å². The number of rotatable bonds is 10. The average molecular weight is 467 g/mol. The smallest absolute Gasteiger partial charge is 0.265 e. The van der Waals surface area contributed by atoms with Crippen LogP contribution in [0.15, 0.2) is 83.8 Å². The zero-order valence-electron chi connectivity index (χ0n) is 19.1. The summed E-state index contributed by atoms with van der Waals surface area (Å²) in [6.45, 7) is 6.14. The highest BCUT2D eigenvalue weighted by atomic mass is 32.2. The summed E-state index contributed by atoms with van der Waals surface area (Å²) >= 11 is 0. The molecule has 2 atom stereocenters. The van der Waals surface area contributed by atoms with E-state index in [-0.39, 0.29) is 10.8 Å². The highest BCUT2D eigenvalue weighted by molar-refractivity contribution is 7.92. The Labute approximate surface area is 196 Å². The lowest BCUT2D eigenvalue weighted by Crippen LogP contribution is -2.32. The molecule has 0 aromatic heterocycles. The maximum absolute atomic E-state index is 12.9. The number of ether oxygens (including phenoxy) is 1. The molecule has 0 aliphatic heterocycles. The summed E-state index contributed by atoms with van der Waals surface area (Å²) in [6.07, 6.45) is 0.796. The second-order valence-electron chi connectivity index (χ2n) is 7.85. The van der Waals surface area contributed by atoms with Gasteiger partial charge in [-0.05, 0) is 66.8 Å². The van der Waals surface area contributed by atoms with Crippen LogP contribution < -0.4 is 14.8 Å². The summed E-state index contributed by atoms with van der Waals surface area (Å²) in [4.78, 5) is 13.0. The van der Waals surface area contributed by atoms with Gasteiger partial charge in [0, 0.05) is 11.4 Å². The van der Waals surface area contributed by atoms with E-state index in [1.807, 2.05) is 37.3 Å². The molecular formula is C26H30N2O4S. The molecule has 1 amide bonds. The number of amides is 1. The van der Waals surface area contributed by atoms with Crippen LogP contribution in [0.3, 0.4) is 0 Å². The third-order valence-electron chi connectivity index (χ3n) is 5.45. The van der Waals surface area contributed by atoms with E-state index >= 15 is 0 Å². The molecule has 0 saturated heterocycles. The van der Waals surface area contributed by atoms with Crippen molar-refractivity contribution in [2.45, 2.75) is 50.5 Å². The average Bonchev–Trinajstić information content (AvgIpc) is 2.83. The highest BCUT2D eigenvalue weighted by Gasteiger charge is 2.21. The molecule has 3 rings (SSSR count). The van der Waals surface area contributed by atoms with Crippen LogP contribution in [-0.2, 0) is 14.8 Å². The van der Waals surface area contributed by atoms with Gasteiger partial charge in [0.2, 0.25) is 0 Å². The number of sulfonamides is 1. The van der Waals surface area contributed by atoms with Crippen molar-refractivity contribution in [1.82, 2.24) is 0 Å². The Balaban J connectivity index is 1.68. The fourth-order valence-corrected chi connectivity index (χ4v) is 4.41. The topological polar surface area (TPSA) is 84.5 Å². The molecule has 3 aromatic carbocycles. The van der Waals surface area contributed by atoms with Crippen molar-refractivity contribution in [3.8, 4) is 5.75 Å². The summed E-state index contributed by atoms with van der Waals surface area (Å²) < 4.78 is 33.8. The third-order valence-corrected chi connectivity index (χ3v) is 6.85. The first-order valence-corrected chi connectivity index (χ1v) is 12.6. The Morgan fingerprint density at radius 2 is 1.48 bits per heavy atom. The van der Waals surface area contributed by atoms with E-state index in [9.17, 15) is 13.2 Å². The van der Waals surface area contributed by atoms with Crippen molar-refractivity contribution in [1.29, 1.82) is 0 Å². The van der Waals surface area contributed by atoms with E-state index in [4.69, 9.17) is 4.74 Å². The van der Waals surface area contributed by atoms with E-state index in [1.54, 1.807) is 36.4 Å². The molecule has 6 nitrogen and oxygen atoms in total. The van der Waals surface area contributed by atoms with Crippen LogP contribution in [0.1, 0.15) is 45.1 Å². The molecule has 0 saturated carbocycles. The number of hydrogen-bond acceptors (Lipinski definition) is 4. The number of hydrogen-bond donors (Lipinski definition) is 2. The Morgan fingerprint density at radius 1 is 0.848 bits per heavy atom. The van der Waals surface area contributed by atoms with Crippen molar-refractivity contribution in [3.05, 3.63) is 84.4 Å². The molecule has 0 bridgehead atoms. The number of benzene rings is 3. The molecule has 0 aliphatic rings. The first-order valence-electron chi connectivity index (χ1n) is 11.1. The van der Waals surface area contributed by atoms with Crippen molar-refractivity contribution in [3.63, 3.8) is 0 Å². The molecule has 3 aromatic rings. The van der Waals surface area contributed by atoms with Gasteiger partial charge in [-0.2, -0.15) is 0 Å². The minimum atomic E-state index is -3.72. The molecule has 0 radical (unpaired) electrons. The van der Waals surface area contributed by atoms with Crippen molar-refractivity contribution >= 4 is 27.3 Å². The molecule has 174 valence electrons. The van der Waals surface area contributed by atoms with Crippen LogP contribution in [0.4, 0.5) is 11.4 Å². The second-order valence-corrected chi connectivity index (χ2v) is 9.53. The minimum absolute atomic E-state index is 0.107. The normalized spacial score (nSPS) is 13.1. The summed E-state index contributed by atoms with van der Waals surface area (Å²) in [6, 6.07) is 22.5. The van der Waals surface area contributed by atoms with Crippen molar-refractivity contribution in [2.75, 3.05) is 10.0 Å². The summed E-state index contributed by atoms with van der Waals surface area (Å²) in [5, 5.41) is 2.83. The number of anilines is 2. The quantitative estimate of drug-likeness (QED) is 0.396. The molecule has 0 aliphatic carbocycles. The molecular weight excluding hydrogens is 436 g/mol. The van der Waals surface area contributed by atoms with Gasteiger partial charge in [-0.25, -0.2) is 8.42 Å². The van der Waals surface area contributed by atoms with E-state index in [0.29, 0.717) is 29.5 Å². The second kappa shape index (κ2) is 11.0. The molecule has 2 N–H and O–H groups in total. The lowest BCUT2D eigenvalue weighted by Gasteiger charge is -2.21. The van der Waals surface area contributed by atoms with Gasteiger partial charge in [0.25, 0.3) is 15.9 Å².